The molecule has 1 aliphatic carbocycles. The van der Waals surface area contributed by atoms with Crippen molar-refractivity contribution in [1.29, 1.82) is 0 Å². The number of H-pyrrole nitrogens is 2. The number of rotatable bonds is 10. The van der Waals surface area contributed by atoms with E-state index < -0.39 is 0 Å². The normalized spacial score (nSPS) is 25.8. The van der Waals surface area contributed by atoms with E-state index in [-0.39, 0.29) is 52.5 Å². The number of fused-ring (bicyclic) bond motifs is 1. The molecule has 6 heterocycles. The molecule has 10 atom stereocenters. The molecule has 4 unspecified atom stereocenters. The summed E-state index contributed by atoms with van der Waals surface area (Å²) < 4.78 is 0. The van der Waals surface area contributed by atoms with Crippen molar-refractivity contribution in [2.75, 3.05) is 216 Å². The van der Waals surface area contributed by atoms with E-state index in [2.05, 4.69) is 179 Å². The third kappa shape index (κ3) is 64.2. The van der Waals surface area contributed by atoms with Crippen molar-refractivity contribution in [3.63, 3.8) is 0 Å². The average molecular weight is 1830 g/mol. The predicted molar refractivity (Wildman–Crippen MR) is 439 cm³/mol. The fraction of sp³-hybridized carbons (Fsp3) is 0.824. The number of phenols is 1. The zero-order valence-electron chi connectivity index (χ0n) is 64.0. The molecule has 5 fully saturated rings. The van der Waals surface area contributed by atoms with Crippen LogP contribution in [0.25, 0.3) is 0 Å². The number of benzene rings is 1. The van der Waals surface area contributed by atoms with Crippen molar-refractivity contribution in [2.24, 2.45) is 0 Å². The molecule has 38 heteroatoms. The van der Waals surface area contributed by atoms with Gasteiger partial charge in [0.2, 0.25) is 0 Å². The first-order valence-electron chi connectivity index (χ1n) is 38.2. The van der Waals surface area contributed by atoms with E-state index in [4.69, 9.17) is 80.8 Å². The number of nitrogens with one attached hydrogen (secondary N) is 22. The van der Waals surface area contributed by atoms with Gasteiger partial charge < -0.3 is 126 Å². The van der Waals surface area contributed by atoms with Crippen LogP contribution in [0.2, 0.25) is 0 Å². The summed E-state index contributed by atoms with van der Waals surface area (Å²) >= 11 is 0.0278. The van der Waals surface area contributed by atoms with Gasteiger partial charge in [-0.15, -0.1) is 0 Å². The van der Waals surface area contributed by atoms with Crippen molar-refractivity contribution in [3.8, 4) is 5.75 Å². The van der Waals surface area contributed by atoms with Crippen LogP contribution >= 0.6 is 80.8 Å². The molecule has 0 bridgehead atoms. The van der Waals surface area contributed by atoms with Crippen molar-refractivity contribution in [2.45, 2.75) is 147 Å². The van der Waals surface area contributed by atoms with E-state index in [1.165, 1.54) is 25.7 Å². The average Bonchev–Trinajstić information content (AvgIpc) is 1.09. The Balaban J connectivity index is 0.000000673. The summed E-state index contributed by atoms with van der Waals surface area (Å²) in [4.78, 5) is 17.2. The minimum absolute atomic E-state index is 0.00694. The Labute approximate surface area is 698 Å². The predicted octanol–water partition coefficient (Wildman–Crippen LogP) is 2.86. The van der Waals surface area contributed by atoms with E-state index in [0.29, 0.717) is 66.2 Å². The van der Waals surface area contributed by atoms with Crippen LogP contribution in [0.4, 0.5) is 0 Å². The van der Waals surface area contributed by atoms with E-state index in [0.717, 1.165) is 252 Å². The fourth-order valence-corrected chi connectivity index (χ4v) is 12.3. The maximum atomic E-state index is 9.66. The number of aromatic hydroxyl groups is 1. The Morgan fingerprint density at radius 2 is 0.708 bits per heavy atom. The van der Waals surface area contributed by atoms with Gasteiger partial charge >= 0.3 is 133 Å². The van der Waals surface area contributed by atoms with Crippen LogP contribution in [0.15, 0.2) is 49.3 Å². The molecule has 2 aromatic heterocycles. The molecule has 0 amide bonds. The summed E-state index contributed by atoms with van der Waals surface area (Å²) in [5.41, 5.74) is 3.48. The molecule has 4 aliphatic heterocycles. The molecular formula is C68H139Cl8Mn4N25O. The topological polar surface area (TPSA) is 321 Å². The summed E-state index contributed by atoms with van der Waals surface area (Å²) in [6.07, 6.45) is 15.4. The zero-order valence-corrected chi connectivity index (χ0v) is 74.8. The smallest absolute Gasteiger partial charge is 0.0921 e. The number of aromatic amines is 2. The van der Waals surface area contributed by atoms with Gasteiger partial charge in [-0.25, -0.2) is 9.97 Å². The molecule has 1 aromatic carbocycles. The van der Waals surface area contributed by atoms with Crippen LogP contribution in [0.3, 0.4) is 0 Å². The van der Waals surface area contributed by atoms with E-state index in [1.807, 2.05) is 24.5 Å². The molecule has 1 saturated carbocycles. The van der Waals surface area contributed by atoms with Crippen molar-refractivity contribution < 1.29 is 57.6 Å². The molecule has 0 radical (unpaired) electrons. The van der Waals surface area contributed by atoms with Gasteiger partial charge in [0.05, 0.1) is 12.7 Å². The van der Waals surface area contributed by atoms with Gasteiger partial charge in [0, 0.05) is 300 Å². The van der Waals surface area contributed by atoms with E-state index >= 15 is 0 Å². The molecule has 5 aliphatic rings. The first kappa shape index (κ1) is 105. The first-order chi connectivity index (χ1) is 51.8. The van der Waals surface area contributed by atoms with E-state index in [9.17, 15) is 5.11 Å². The third-order valence-corrected chi connectivity index (χ3v) is 18.0. The Hall–Kier alpha value is 0.998. The molecule has 4 saturated heterocycles. The summed E-state index contributed by atoms with van der Waals surface area (Å²) in [6, 6.07) is 12.4. The maximum absolute atomic E-state index is 9.66. The second-order valence-corrected chi connectivity index (χ2v) is 34.5. The number of likely N-dealkylation sites (N-methyl/N-ethyl adjacent to an activating group) is 1. The van der Waals surface area contributed by atoms with Crippen LogP contribution in [0.5, 0.6) is 5.75 Å². The minimum atomic E-state index is 0.00694. The van der Waals surface area contributed by atoms with Gasteiger partial charge in [0.1, 0.15) is 5.75 Å². The molecule has 23 N–H and O–H groups in total. The summed E-state index contributed by atoms with van der Waals surface area (Å²) in [7, 11) is 38.4. The van der Waals surface area contributed by atoms with Crippen LogP contribution < -0.4 is 106 Å². The van der Waals surface area contributed by atoms with Crippen LogP contribution in [0, 0.1) is 0 Å². The summed E-state index contributed by atoms with van der Waals surface area (Å²) in [5.74, 6) is 0.337. The standard InChI is InChI=1S/C18H33N9.C18H33N5O.C16H38N6.C16H35N5.8ClH.4Mn/c1-2-20-5-6-24-18(8-17-11-23-14-27-17)12-25-15(9-21-4-3-19-1)7-16-10-22-13-26-16;1-15-13-21-8-7-19-5-6-20-9-10-22-17(14-23-15)11-16-3-2-4-18(24)12-16;1-4-22(5-2)14-16-13-21-15(3)12-19-9-8-17-6-7-18-10-11-20-16;1-13-11-20-15-5-3-4-6-16(15)21-12-14(2)19-10-8-17-7-9-18-13;;;;;;;;;;;;/h10-11,13-15,18-21,24-25H,1-9,12H2,(H,22,26)(H,23,27);2-4,12,15,17,19-24H,5-11,13-14H2,1H3;15-21H,4-14H2,1-3H3;13-21H,3-12H2,1-2H3;8*1H;;;;/q;;;;;;;;;;;;4*+2/p-8/t15-,18+;15-,17?;15-,16?;13-,14-,15?,16?;;;;;;;;;;;;/m1110............/s1. The fourth-order valence-electron chi connectivity index (χ4n) is 12.3. The van der Waals surface area contributed by atoms with E-state index in [1.54, 1.807) is 18.7 Å². The zero-order chi connectivity index (χ0) is 77.4. The van der Waals surface area contributed by atoms with Gasteiger partial charge in [-0.05, 0) is 77.7 Å². The monoisotopic (exact) mass is 1820 g/mol. The van der Waals surface area contributed by atoms with Crippen molar-refractivity contribution in [3.05, 3.63) is 66.3 Å². The molecule has 626 valence electrons. The number of halogens is 8. The quantitative estimate of drug-likeness (QED) is 0.130. The Kier molecular flexibility index (Phi) is 77.8. The number of phenolic OH excluding ortho intramolecular Hbond substituents is 1. The Morgan fingerprint density at radius 3 is 1.09 bits per heavy atom. The molecule has 0 spiro atoms. The van der Waals surface area contributed by atoms with Gasteiger partial charge in [0.25, 0.3) is 0 Å². The second-order valence-electron chi connectivity index (χ2n) is 26.7. The van der Waals surface area contributed by atoms with Crippen LogP contribution in [0.1, 0.15) is 84.2 Å². The van der Waals surface area contributed by atoms with Crippen molar-refractivity contribution >= 4 is 80.8 Å². The Bertz CT molecular complexity index is 2180. The maximum Gasteiger partial charge on any atom is 0.0921 e. The SMILES string of the molecule is CCN(CC)CC1CN[C@H](C)CNCCNCCNCCN1.C[C@@H]1CNCCNCCNCCNC(Cc2cccc(O)c2)CN1.C[C@H]1CNC2CCCCC2NC[C@H](C)NCCNCCN1.[Cl][Mn][Cl].[Cl][Mn][Cl].[Cl][Mn][Cl].[Cl][Mn][Cl].c1ncc(C[C@H]2CN[C@H](Cc3cnc[nH]3)CNCCNCCNCCN2)[nH]1. The van der Waals surface area contributed by atoms with Gasteiger partial charge in [-0.1, -0.05) is 38.8 Å². The molecular weight excluding hydrogens is 1690 g/mol. The van der Waals surface area contributed by atoms with Gasteiger partial charge in [0.15, 0.2) is 0 Å². The molecule has 3 aromatic rings. The van der Waals surface area contributed by atoms with Gasteiger partial charge in [-0.2, -0.15) is 0 Å². The first-order valence-corrected chi connectivity index (χ1v) is 51.1. The number of hydrogen-bond acceptors (Lipinski definition) is 24. The number of hydrogen-bond donors (Lipinski definition) is 23. The third-order valence-electron chi connectivity index (χ3n) is 18.0. The Morgan fingerprint density at radius 1 is 0.377 bits per heavy atom. The largest absolute Gasteiger partial charge is 0.348 e. The molecule has 8 rings (SSSR count). The summed E-state index contributed by atoms with van der Waals surface area (Å²) in [5, 5.41) is 81.2. The van der Waals surface area contributed by atoms with Gasteiger partial charge in [-0.3, -0.25) is 0 Å². The molecule has 26 nitrogen and oxygen atoms in total. The number of aromatic nitrogens is 4. The molecule has 106 heavy (non-hydrogen) atoms. The van der Waals surface area contributed by atoms with Crippen LogP contribution in [-0.4, -0.2) is 306 Å². The number of nitrogens with zero attached hydrogens (tertiary/aromatic N) is 3. The number of imidazole rings is 2. The van der Waals surface area contributed by atoms with Crippen LogP contribution in [-0.2, 0) is 71.8 Å². The summed E-state index contributed by atoms with van der Waals surface area (Å²) in [6.45, 7) is 46.9. The second kappa shape index (κ2) is 78.5. The minimum Gasteiger partial charge on any atom is -0.348 e. The van der Waals surface area contributed by atoms with Crippen molar-refractivity contribution in [1.82, 2.24) is 131 Å².